The van der Waals surface area contributed by atoms with Crippen molar-refractivity contribution in [3.05, 3.63) is 69.3 Å². The molecule has 11 heteroatoms. The van der Waals surface area contributed by atoms with Crippen molar-refractivity contribution < 1.29 is 33.3 Å². The summed E-state index contributed by atoms with van der Waals surface area (Å²) < 4.78 is 35.3. The molecule has 1 unspecified atom stereocenters. The predicted octanol–water partition coefficient (Wildman–Crippen LogP) is 4.02. The van der Waals surface area contributed by atoms with Gasteiger partial charge in [0.15, 0.2) is 0 Å². The van der Waals surface area contributed by atoms with E-state index in [0.717, 1.165) is 11.3 Å². The summed E-state index contributed by atoms with van der Waals surface area (Å²) in [5.74, 6) is 0.658. The highest BCUT2D eigenvalue weighted by Gasteiger charge is 2.57. The second kappa shape index (κ2) is 14.1. The van der Waals surface area contributed by atoms with Crippen LogP contribution in [0.25, 0.3) is 6.08 Å². The highest BCUT2D eigenvalue weighted by Crippen LogP contribution is 2.54. The number of nitro benzene ring substituents is 1. The lowest BCUT2D eigenvalue weighted by Crippen LogP contribution is -2.58. The molecule has 2 aromatic rings. The normalized spacial score (nSPS) is 24.0. The summed E-state index contributed by atoms with van der Waals surface area (Å²) in [7, 11) is 2.04. The maximum absolute atomic E-state index is 11.9. The average molecular weight is 598 g/mol. The molecule has 234 valence electrons. The van der Waals surface area contributed by atoms with Crippen molar-refractivity contribution >= 4 is 17.5 Å². The second-order valence-corrected chi connectivity index (χ2v) is 11.5. The zero-order valence-electron chi connectivity index (χ0n) is 25.4. The summed E-state index contributed by atoms with van der Waals surface area (Å²) >= 11 is 0. The molecule has 0 bridgehead atoms. The van der Waals surface area contributed by atoms with Crippen LogP contribution in [0.5, 0.6) is 5.75 Å². The molecule has 0 amide bonds. The minimum Gasteiger partial charge on any atom is -0.462 e. The molecule has 5 rings (SSSR count). The number of fused-ring (bicyclic) bond motifs is 2. The molecule has 0 aliphatic carbocycles. The van der Waals surface area contributed by atoms with E-state index >= 15 is 0 Å². The molecule has 1 atom stereocenters. The Bertz CT molecular complexity index is 1270. The van der Waals surface area contributed by atoms with E-state index in [1.807, 2.05) is 31.3 Å². The van der Waals surface area contributed by atoms with Crippen LogP contribution >= 0.6 is 0 Å². The summed E-state index contributed by atoms with van der Waals surface area (Å²) in [6.07, 6.45) is 4.01. The quantitative estimate of drug-likeness (QED) is 0.381. The third-order valence-electron chi connectivity index (χ3n) is 8.45. The van der Waals surface area contributed by atoms with Gasteiger partial charge in [0.25, 0.3) is 5.69 Å². The van der Waals surface area contributed by atoms with Crippen LogP contribution in [0.2, 0.25) is 0 Å². The van der Waals surface area contributed by atoms with Crippen LogP contribution in [-0.2, 0) is 35.6 Å². The molecule has 0 aromatic heterocycles. The van der Waals surface area contributed by atoms with Gasteiger partial charge in [-0.2, -0.15) is 0 Å². The van der Waals surface area contributed by atoms with Gasteiger partial charge in [-0.25, -0.2) is 0 Å². The van der Waals surface area contributed by atoms with Crippen molar-refractivity contribution in [3.63, 3.8) is 0 Å². The van der Waals surface area contributed by atoms with Crippen LogP contribution in [0, 0.1) is 10.1 Å². The van der Waals surface area contributed by atoms with Gasteiger partial charge < -0.3 is 33.3 Å². The van der Waals surface area contributed by atoms with E-state index in [1.54, 1.807) is 12.1 Å². The summed E-state index contributed by atoms with van der Waals surface area (Å²) in [6.45, 7) is 10.9. The molecule has 1 spiro atoms. The third kappa shape index (κ3) is 6.87. The Kier molecular flexibility index (Phi) is 10.3. The highest BCUT2D eigenvalue weighted by molar-refractivity contribution is 5.73. The van der Waals surface area contributed by atoms with Gasteiger partial charge in [0, 0.05) is 55.6 Å². The summed E-state index contributed by atoms with van der Waals surface area (Å²) in [5.41, 5.74) is 2.60. The van der Waals surface area contributed by atoms with E-state index in [4.69, 9.17) is 28.4 Å². The Hall–Kier alpha value is -3.06. The fraction of sp³-hybridized carbons (Fsp3) is 0.562. The maximum atomic E-state index is 11.9. The lowest BCUT2D eigenvalue weighted by molar-refractivity contribution is -0.385. The van der Waals surface area contributed by atoms with Gasteiger partial charge in [-0.05, 0) is 37.6 Å². The first kappa shape index (κ1) is 31.4. The number of non-ortho nitro benzene ring substituents is 1. The predicted molar refractivity (Wildman–Crippen MR) is 163 cm³/mol. The molecular formula is C32H43N3O8. The van der Waals surface area contributed by atoms with Gasteiger partial charge in [0.1, 0.15) is 5.75 Å². The summed E-state index contributed by atoms with van der Waals surface area (Å²) in [5, 5.41) is 11.9. The zero-order valence-corrected chi connectivity index (χ0v) is 25.4. The Morgan fingerprint density at radius 1 is 0.837 bits per heavy atom. The Balaban J connectivity index is 1.38. The third-order valence-corrected chi connectivity index (χ3v) is 8.45. The fourth-order valence-corrected chi connectivity index (χ4v) is 6.04. The van der Waals surface area contributed by atoms with Crippen LogP contribution < -0.4 is 9.64 Å². The van der Waals surface area contributed by atoms with Gasteiger partial charge in [0.2, 0.25) is 5.72 Å². The first-order chi connectivity index (χ1) is 20.8. The number of ether oxygens (including phenoxy) is 6. The number of rotatable bonds is 3. The van der Waals surface area contributed by atoms with Crippen LogP contribution in [0.15, 0.2) is 42.5 Å². The smallest absolute Gasteiger partial charge is 0.270 e. The van der Waals surface area contributed by atoms with E-state index in [9.17, 15) is 10.1 Å². The lowest BCUT2D eigenvalue weighted by Gasteiger charge is -2.46. The summed E-state index contributed by atoms with van der Waals surface area (Å²) in [6, 6.07) is 11.6. The number of hydrogen-bond donors (Lipinski definition) is 0. The molecule has 3 heterocycles. The van der Waals surface area contributed by atoms with Crippen LogP contribution in [-0.4, -0.2) is 102 Å². The zero-order chi connectivity index (χ0) is 30.3. The van der Waals surface area contributed by atoms with Crippen molar-refractivity contribution in [2.45, 2.75) is 31.5 Å². The van der Waals surface area contributed by atoms with Gasteiger partial charge in [-0.1, -0.05) is 18.2 Å². The molecule has 2 aromatic carbocycles. The lowest BCUT2D eigenvalue weighted by atomic mass is 9.76. The molecule has 0 saturated carbocycles. The minimum absolute atomic E-state index is 0.0347. The van der Waals surface area contributed by atoms with E-state index in [1.165, 1.54) is 5.56 Å². The number of para-hydroxylation sites is 1. The molecule has 3 aliphatic rings. The first-order valence-electron chi connectivity index (χ1n) is 15.0. The van der Waals surface area contributed by atoms with Crippen LogP contribution in [0.4, 0.5) is 11.4 Å². The molecule has 0 N–H and O–H groups in total. The molecule has 3 aliphatic heterocycles. The Morgan fingerprint density at radius 3 is 1.95 bits per heavy atom. The van der Waals surface area contributed by atoms with Crippen LogP contribution in [0.1, 0.15) is 30.5 Å². The van der Waals surface area contributed by atoms with Gasteiger partial charge >= 0.3 is 0 Å². The number of benzene rings is 2. The number of hydrogen-bond acceptors (Lipinski definition) is 10. The SMILES string of the molecule is CN1c2ccccc2C(C)(C)C12C=Cc1cc([N+](=O)[O-])cc(CN3CCOCCOCCOCCOCCOCC3)c1O2. The van der Waals surface area contributed by atoms with Gasteiger partial charge in [0.05, 0.1) is 76.4 Å². The Morgan fingerprint density at radius 2 is 1.40 bits per heavy atom. The maximum Gasteiger partial charge on any atom is 0.270 e. The number of likely N-dealkylation sites (N-methyl/N-ethyl adjacent to an activating group) is 1. The van der Waals surface area contributed by atoms with Gasteiger partial charge in [-0.3, -0.25) is 15.0 Å². The number of anilines is 1. The standard InChI is InChI=1S/C32H43N3O8/c1-31(2)28-6-4-5-7-29(28)33(3)32(31)9-8-25-22-27(35(36)37)23-26(30(25)43-32)24-34-10-12-38-14-16-40-18-20-42-21-19-41-17-15-39-13-11-34/h4-9,22-23H,10-21,24H2,1-3H3. The van der Waals surface area contributed by atoms with Crippen molar-refractivity contribution in [1.29, 1.82) is 0 Å². The molecule has 1 fully saturated rings. The van der Waals surface area contributed by atoms with E-state index in [-0.39, 0.29) is 16.0 Å². The Labute approximate surface area is 253 Å². The summed E-state index contributed by atoms with van der Waals surface area (Å²) in [4.78, 5) is 16.0. The number of nitro groups is 1. The second-order valence-electron chi connectivity index (χ2n) is 11.5. The minimum atomic E-state index is -0.792. The van der Waals surface area contributed by atoms with Crippen molar-refractivity contribution in [2.24, 2.45) is 0 Å². The van der Waals surface area contributed by atoms with Crippen molar-refractivity contribution in [2.75, 3.05) is 91.1 Å². The molecule has 0 radical (unpaired) electrons. The highest BCUT2D eigenvalue weighted by atomic mass is 16.6. The van der Waals surface area contributed by atoms with E-state index in [0.29, 0.717) is 97.0 Å². The molecule has 1 saturated heterocycles. The first-order valence-corrected chi connectivity index (χ1v) is 15.0. The molecule has 43 heavy (non-hydrogen) atoms. The topological polar surface area (TPSA) is 105 Å². The number of nitrogens with zero attached hydrogens (tertiary/aromatic N) is 3. The van der Waals surface area contributed by atoms with Crippen molar-refractivity contribution in [1.82, 2.24) is 4.90 Å². The average Bonchev–Trinajstić information content (AvgIpc) is 3.16. The monoisotopic (exact) mass is 597 g/mol. The van der Waals surface area contributed by atoms with E-state index < -0.39 is 5.72 Å². The molecule has 11 nitrogen and oxygen atoms in total. The van der Waals surface area contributed by atoms with Crippen molar-refractivity contribution in [3.8, 4) is 5.75 Å². The van der Waals surface area contributed by atoms with Crippen LogP contribution in [0.3, 0.4) is 0 Å². The molecular weight excluding hydrogens is 554 g/mol. The van der Waals surface area contributed by atoms with Gasteiger partial charge in [-0.15, -0.1) is 0 Å². The largest absolute Gasteiger partial charge is 0.462 e. The fourth-order valence-electron chi connectivity index (χ4n) is 6.04. The van der Waals surface area contributed by atoms with E-state index in [2.05, 4.69) is 35.8 Å².